The second-order valence-electron chi connectivity index (χ2n) is 10.7. The van der Waals surface area contributed by atoms with Crippen molar-refractivity contribution in [3.63, 3.8) is 0 Å². The molecule has 2 amide bonds. The summed E-state index contributed by atoms with van der Waals surface area (Å²) < 4.78 is 0. The lowest BCUT2D eigenvalue weighted by Gasteiger charge is -2.40. The van der Waals surface area contributed by atoms with E-state index in [4.69, 9.17) is 0 Å². The maximum absolute atomic E-state index is 13.9. The van der Waals surface area contributed by atoms with Gasteiger partial charge in [-0.2, -0.15) is 0 Å². The molecule has 0 aliphatic carbocycles. The number of carbonyl (C=O) groups excluding carboxylic acids is 1. The molecule has 0 bridgehead atoms. The van der Waals surface area contributed by atoms with Crippen molar-refractivity contribution in [1.29, 1.82) is 0 Å². The van der Waals surface area contributed by atoms with Crippen molar-refractivity contribution in [3.05, 3.63) is 65.9 Å². The Hall–Kier alpha value is -3.65. The van der Waals surface area contributed by atoms with Crippen LogP contribution in [0, 0.1) is 5.41 Å². The summed E-state index contributed by atoms with van der Waals surface area (Å²) in [6.07, 6.45) is 5.52. The van der Waals surface area contributed by atoms with Crippen molar-refractivity contribution in [2.24, 2.45) is 10.4 Å². The topological polar surface area (TPSA) is 94.8 Å². The van der Waals surface area contributed by atoms with Gasteiger partial charge in [0, 0.05) is 46.9 Å². The summed E-state index contributed by atoms with van der Waals surface area (Å²) in [4.78, 5) is 34.8. The zero-order valence-corrected chi connectivity index (χ0v) is 20.2. The Kier molecular flexibility index (Phi) is 4.84. The Labute approximate surface area is 198 Å². The molecule has 0 saturated carbocycles. The number of hydrogen-bond acceptors (Lipinski definition) is 6. The predicted molar refractivity (Wildman–Crippen MR) is 132 cm³/mol. The second kappa shape index (κ2) is 7.43. The normalized spacial score (nSPS) is 18.4. The number of aliphatic hydroxyl groups excluding tert-OH is 1. The molecule has 0 fully saturated rings. The highest BCUT2D eigenvalue weighted by Gasteiger charge is 2.42. The molecule has 8 heteroatoms. The summed E-state index contributed by atoms with van der Waals surface area (Å²) in [5.74, 6) is 0.692. The minimum absolute atomic E-state index is 0.193. The molecule has 174 valence electrons. The van der Waals surface area contributed by atoms with Gasteiger partial charge in [-0.25, -0.2) is 19.7 Å². The number of rotatable bonds is 1. The van der Waals surface area contributed by atoms with Crippen molar-refractivity contribution < 1.29 is 9.90 Å². The monoisotopic (exact) mass is 456 g/mol. The second-order valence-corrected chi connectivity index (χ2v) is 10.7. The third-order valence-corrected chi connectivity index (χ3v) is 6.13. The minimum Gasteiger partial charge on any atom is -0.355 e. The van der Waals surface area contributed by atoms with Crippen LogP contribution in [0.4, 0.5) is 10.6 Å². The molecule has 3 aromatic heterocycles. The first-order valence-electron chi connectivity index (χ1n) is 11.3. The molecular formula is C26H28N6O2. The molecule has 34 heavy (non-hydrogen) atoms. The Morgan fingerprint density at radius 3 is 2.35 bits per heavy atom. The molecule has 2 aliphatic rings. The molecule has 1 unspecified atom stereocenters. The van der Waals surface area contributed by atoms with Gasteiger partial charge in [-0.05, 0) is 35.1 Å². The fourth-order valence-electron chi connectivity index (χ4n) is 4.39. The summed E-state index contributed by atoms with van der Waals surface area (Å²) in [6.45, 7) is 12.5. The number of anilines is 1. The van der Waals surface area contributed by atoms with Crippen LogP contribution in [0.5, 0.6) is 0 Å². The zero-order chi connectivity index (χ0) is 24.4. The summed E-state index contributed by atoms with van der Waals surface area (Å²) in [5, 5.41) is 11.7. The molecule has 0 spiro atoms. The molecule has 0 radical (unpaired) electrons. The quantitative estimate of drug-likeness (QED) is 0.573. The van der Waals surface area contributed by atoms with Crippen molar-refractivity contribution in [1.82, 2.24) is 19.9 Å². The van der Waals surface area contributed by atoms with E-state index in [-0.39, 0.29) is 10.8 Å². The number of amidine groups is 1. The molecule has 1 atom stereocenters. The Morgan fingerprint density at radius 2 is 1.65 bits per heavy atom. The summed E-state index contributed by atoms with van der Waals surface area (Å²) >= 11 is 0. The molecule has 0 saturated heterocycles. The summed E-state index contributed by atoms with van der Waals surface area (Å²) in [6, 6.07) is 6.91. The molecule has 5 heterocycles. The SMILES string of the molecule is CC(C)(C)C1=CN2C(=O)N(c3ncc(C(C)(C)C)c4ncccc34)C(O)N=C2c2cccnc21. The van der Waals surface area contributed by atoms with Crippen molar-refractivity contribution >= 4 is 34.2 Å². The van der Waals surface area contributed by atoms with Crippen LogP contribution in [0.1, 0.15) is 58.4 Å². The fraction of sp³-hybridized carbons (Fsp3) is 0.346. The first kappa shape index (κ1) is 22.2. The fourth-order valence-corrected chi connectivity index (χ4v) is 4.39. The number of fused-ring (bicyclic) bond motifs is 4. The Bertz CT molecular complexity index is 1380. The van der Waals surface area contributed by atoms with Crippen molar-refractivity contribution in [3.8, 4) is 0 Å². The average Bonchev–Trinajstić information content (AvgIpc) is 2.77. The maximum atomic E-state index is 13.9. The molecule has 8 nitrogen and oxygen atoms in total. The van der Waals surface area contributed by atoms with E-state index in [0.29, 0.717) is 22.6 Å². The third kappa shape index (κ3) is 3.37. The summed E-state index contributed by atoms with van der Waals surface area (Å²) in [7, 11) is 0. The lowest BCUT2D eigenvalue weighted by molar-refractivity contribution is 0.161. The maximum Gasteiger partial charge on any atom is 0.339 e. The highest BCUT2D eigenvalue weighted by atomic mass is 16.3. The van der Waals surface area contributed by atoms with Gasteiger partial charge in [-0.1, -0.05) is 41.5 Å². The van der Waals surface area contributed by atoms with E-state index >= 15 is 0 Å². The van der Waals surface area contributed by atoms with E-state index in [1.165, 1.54) is 9.80 Å². The van der Waals surface area contributed by atoms with E-state index in [9.17, 15) is 9.90 Å². The average molecular weight is 457 g/mol. The molecule has 3 aromatic rings. The number of amides is 2. The van der Waals surface area contributed by atoms with Gasteiger partial charge in [0.1, 0.15) is 11.7 Å². The molecule has 1 N–H and O–H groups in total. The van der Waals surface area contributed by atoms with E-state index in [0.717, 1.165) is 22.3 Å². The van der Waals surface area contributed by atoms with Crippen LogP contribution in [0.25, 0.3) is 16.5 Å². The van der Waals surface area contributed by atoms with Gasteiger partial charge in [0.25, 0.3) is 0 Å². The number of urea groups is 1. The van der Waals surface area contributed by atoms with Gasteiger partial charge in [0.2, 0.25) is 6.35 Å². The Morgan fingerprint density at radius 1 is 0.941 bits per heavy atom. The van der Waals surface area contributed by atoms with Gasteiger partial charge in [-0.15, -0.1) is 0 Å². The van der Waals surface area contributed by atoms with E-state index in [1.807, 2.05) is 12.1 Å². The largest absolute Gasteiger partial charge is 0.355 e. The van der Waals surface area contributed by atoms with E-state index in [2.05, 4.69) is 61.5 Å². The van der Waals surface area contributed by atoms with Crippen LogP contribution in [-0.2, 0) is 5.41 Å². The first-order valence-corrected chi connectivity index (χ1v) is 11.3. The van der Waals surface area contributed by atoms with Gasteiger partial charge < -0.3 is 5.11 Å². The van der Waals surface area contributed by atoms with Crippen LogP contribution < -0.4 is 4.90 Å². The first-order chi connectivity index (χ1) is 16.0. The van der Waals surface area contributed by atoms with Crippen molar-refractivity contribution in [2.45, 2.75) is 53.3 Å². The lowest BCUT2D eigenvalue weighted by atomic mass is 9.81. The van der Waals surface area contributed by atoms with Gasteiger partial charge >= 0.3 is 6.03 Å². The smallest absolute Gasteiger partial charge is 0.339 e. The molecule has 5 rings (SSSR count). The zero-order valence-electron chi connectivity index (χ0n) is 20.2. The number of nitrogens with zero attached hydrogens (tertiary/aromatic N) is 6. The standard InChI is InChI=1S/C26H28N6O2/c1-25(2,3)17-13-29-21(15-9-7-11-27-19(15)17)32-23(33)30-22-16-10-8-12-28-20(16)18(26(4,5)6)14-31(22)24(32)34/h7-14,23,33H,1-6H3. The van der Waals surface area contributed by atoms with E-state index in [1.54, 1.807) is 36.9 Å². The predicted octanol–water partition coefficient (Wildman–Crippen LogP) is 4.69. The number of aliphatic hydroxyl groups is 1. The number of aliphatic imine (C=N–C) groups is 1. The number of pyridine rings is 3. The van der Waals surface area contributed by atoms with Crippen molar-refractivity contribution in [2.75, 3.05) is 4.90 Å². The van der Waals surface area contributed by atoms with Gasteiger partial charge in [0.05, 0.1) is 11.2 Å². The highest BCUT2D eigenvalue weighted by molar-refractivity contribution is 6.18. The molecule has 0 aromatic carbocycles. The lowest BCUT2D eigenvalue weighted by Crippen LogP contribution is -2.55. The molecule has 2 aliphatic heterocycles. The molecular weight excluding hydrogens is 428 g/mol. The number of aromatic nitrogens is 3. The van der Waals surface area contributed by atoms with Crippen LogP contribution in [-0.4, -0.2) is 43.2 Å². The number of hydrogen-bond donors (Lipinski definition) is 1. The summed E-state index contributed by atoms with van der Waals surface area (Å²) in [5.41, 5.74) is 3.64. The van der Waals surface area contributed by atoms with Gasteiger partial charge in [0.15, 0.2) is 0 Å². The third-order valence-electron chi connectivity index (χ3n) is 6.13. The van der Waals surface area contributed by atoms with Crippen LogP contribution in [0.3, 0.4) is 0 Å². The van der Waals surface area contributed by atoms with E-state index < -0.39 is 12.4 Å². The van der Waals surface area contributed by atoms with Crippen LogP contribution in [0.15, 0.2) is 54.0 Å². The highest BCUT2D eigenvalue weighted by Crippen LogP contribution is 2.41. The number of allylic oxidation sites excluding steroid dienone is 1. The Balaban J connectivity index is 1.70. The van der Waals surface area contributed by atoms with Crippen LogP contribution in [0.2, 0.25) is 0 Å². The van der Waals surface area contributed by atoms with Gasteiger partial charge in [-0.3, -0.25) is 14.9 Å². The minimum atomic E-state index is -1.44. The van der Waals surface area contributed by atoms with Crippen LogP contribution >= 0.6 is 0 Å². The number of carbonyl (C=O) groups is 1.